The fraction of sp³-hybridized carbons (Fsp3) is 0.222. The van der Waals surface area contributed by atoms with Crippen molar-refractivity contribution >= 4 is 61.3 Å². The van der Waals surface area contributed by atoms with E-state index in [0.717, 1.165) is 0 Å². The van der Waals surface area contributed by atoms with Crippen LogP contribution in [0.3, 0.4) is 0 Å². The molecule has 0 unspecified atom stereocenters. The first-order valence-electron chi connectivity index (χ1n) is 4.50. The molecule has 0 bridgehead atoms. The Morgan fingerprint density at radius 2 is 1.79 bits per heavy atom. The second-order valence-corrected chi connectivity index (χ2v) is 7.09. The fourth-order valence-electron chi connectivity index (χ4n) is 0.987. The number of benzene rings is 1. The van der Waals surface area contributed by atoms with Crippen LogP contribution < -0.4 is 0 Å². The van der Waals surface area contributed by atoms with Crippen LogP contribution >= 0.6 is 45.2 Å². The summed E-state index contributed by atoms with van der Waals surface area (Å²) in [4.78, 5) is 11.6. The van der Waals surface area contributed by atoms with Crippen molar-refractivity contribution in [3.63, 3.8) is 0 Å². The third kappa shape index (κ3) is 4.19. The second-order valence-electron chi connectivity index (χ2n) is 3.26. The molecule has 0 saturated carbocycles. The molecule has 19 heavy (non-hydrogen) atoms. The van der Waals surface area contributed by atoms with Gasteiger partial charge in [0.15, 0.2) is 16.7 Å². The molecule has 1 aromatic rings. The molecule has 106 valence electrons. The highest BCUT2D eigenvalue weighted by molar-refractivity contribution is 14.1. The van der Waals surface area contributed by atoms with Gasteiger partial charge in [0.05, 0.1) is 5.56 Å². The summed E-state index contributed by atoms with van der Waals surface area (Å²) in [5, 5.41) is -4.64. The number of rotatable bonds is 4. The van der Waals surface area contributed by atoms with Crippen LogP contribution in [-0.4, -0.2) is 30.8 Å². The summed E-state index contributed by atoms with van der Waals surface area (Å²) in [6.45, 7) is -1.81. The first kappa shape index (κ1) is 17.0. The zero-order chi connectivity index (χ0) is 14.8. The Kier molecular flexibility index (Phi) is 5.48. The van der Waals surface area contributed by atoms with E-state index in [4.69, 9.17) is 0 Å². The van der Waals surface area contributed by atoms with Gasteiger partial charge in [-0.3, -0.25) is 0 Å². The van der Waals surface area contributed by atoms with Gasteiger partial charge in [0.25, 0.3) is 0 Å². The van der Waals surface area contributed by atoms with E-state index in [1.54, 1.807) is 63.4 Å². The van der Waals surface area contributed by atoms with E-state index in [2.05, 4.69) is 4.74 Å². The van der Waals surface area contributed by atoms with Gasteiger partial charge in [-0.1, -0.05) is 6.07 Å². The highest BCUT2D eigenvalue weighted by Gasteiger charge is 2.39. The minimum atomic E-state index is -5.86. The molecule has 10 heteroatoms. The third-order valence-electron chi connectivity index (χ3n) is 1.90. The van der Waals surface area contributed by atoms with Crippen LogP contribution in [0.1, 0.15) is 10.4 Å². The molecule has 0 saturated heterocycles. The minimum Gasteiger partial charge on any atom is -0.743 e. The van der Waals surface area contributed by atoms with Gasteiger partial charge in [0.2, 0.25) is 0 Å². The van der Waals surface area contributed by atoms with E-state index in [1.165, 1.54) is 0 Å². The molecule has 1 rings (SSSR count). The van der Waals surface area contributed by atoms with Gasteiger partial charge in [0.1, 0.15) is 0 Å². The average molecular weight is 517 g/mol. The summed E-state index contributed by atoms with van der Waals surface area (Å²) < 4.78 is 61.5. The Bertz CT molecular complexity index is 582. The Morgan fingerprint density at radius 1 is 1.32 bits per heavy atom. The highest BCUT2D eigenvalue weighted by Crippen LogP contribution is 2.23. The van der Waals surface area contributed by atoms with Crippen molar-refractivity contribution in [2.45, 2.75) is 5.25 Å². The molecule has 0 aliphatic carbocycles. The van der Waals surface area contributed by atoms with Crippen LogP contribution in [0.25, 0.3) is 0 Å². The standard InChI is InChI=1S/C9H6F2I2O5S/c10-9(11,19(15,16)17)4-18-8(14)7-5(12)2-1-3-6(7)13/h1-3H,4H2,(H,15,16,17)/p-1. The first-order valence-corrected chi connectivity index (χ1v) is 8.07. The molecular weight excluding hydrogens is 512 g/mol. The Balaban J connectivity index is 2.89. The van der Waals surface area contributed by atoms with E-state index in [1.807, 2.05) is 0 Å². The Labute approximate surface area is 134 Å². The van der Waals surface area contributed by atoms with Gasteiger partial charge in [-0.05, 0) is 57.3 Å². The predicted molar refractivity (Wildman–Crippen MR) is 76.8 cm³/mol. The summed E-state index contributed by atoms with van der Waals surface area (Å²) in [6.07, 6.45) is 0. The van der Waals surface area contributed by atoms with Crippen molar-refractivity contribution in [1.29, 1.82) is 0 Å². The fourth-order valence-corrected chi connectivity index (χ4v) is 3.14. The molecule has 0 aliphatic heterocycles. The maximum Gasteiger partial charge on any atom is 0.367 e. The lowest BCUT2D eigenvalue weighted by Crippen LogP contribution is -2.35. The van der Waals surface area contributed by atoms with Crippen molar-refractivity contribution in [2.75, 3.05) is 6.61 Å². The topological polar surface area (TPSA) is 83.5 Å². The molecule has 0 spiro atoms. The smallest absolute Gasteiger partial charge is 0.367 e. The van der Waals surface area contributed by atoms with E-state index >= 15 is 0 Å². The summed E-state index contributed by atoms with van der Waals surface area (Å²) in [7, 11) is -5.86. The van der Waals surface area contributed by atoms with Crippen LogP contribution in [0.2, 0.25) is 0 Å². The number of carbonyl (C=O) groups excluding carboxylic acids is 1. The van der Waals surface area contributed by atoms with Gasteiger partial charge >= 0.3 is 11.2 Å². The van der Waals surface area contributed by atoms with Crippen LogP contribution in [0.15, 0.2) is 18.2 Å². The van der Waals surface area contributed by atoms with E-state index in [9.17, 15) is 26.5 Å². The number of esters is 1. The molecule has 0 heterocycles. The van der Waals surface area contributed by atoms with Crippen molar-refractivity contribution in [1.82, 2.24) is 0 Å². The highest BCUT2D eigenvalue weighted by atomic mass is 127. The Morgan fingerprint density at radius 3 is 2.21 bits per heavy atom. The normalized spacial score (nSPS) is 12.3. The van der Waals surface area contributed by atoms with Gasteiger partial charge in [-0.25, -0.2) is 13.2 Å². The van der Waals surface area contributed by atoms with Crippen LogP contribution in [0.4, 0.5) is 8.78 Å². The lowest BCUT2D eigenvalue weighted by Gasteiger charge is -2.19. The molecule has 0 N–H and O–H groups in total. The Hall–Kier alpha value is -0.0800. The lowest BCUT2D eigenvalue weighted by atomic mass is 10.2. The lowest BCUT2D eigenvalue weighted by molar-refractivity contribution is -0.0101. The maximum atomic E-state index is 12.8. The summed E-state index contributed by atoms with van der Waals surface area (Å²) in [5.41, 5.74) is 0.0443. The van der Waals surface area contributed by atoms with Gasteiger partial charge < -0.3 is 9.29 Å². The zero-order valence-electron chi connectivity index (χ0n) is 8.90. The number of ether oxygens (including phenoxy) is 1. The van der Waals surface area contributed by atoms with Crippen molar-refractivity contribution in [3.8, 4) is 0 Å². The predicted octanol–water partition coefficient (Wildman–Crippen LogP) is 2.19. The third-order valence-corrected chi connectivity index (χ3v) is 4.55. The molecule has 0 aromatic heterocycles. The van der Waals surface area contributed by atoms with Crippen LogP contribution in [0, 0.1) is 7.14 Å². The molecule has 0 fully saturated rings. The summed E-state index contributed by atoms with van der Waals surface area (Å²) >= 11 is 3.61. The summed E-state index contributed by atoms with van der Waals surface area (Å²) in [6, 6.07) is 4.76. The number of carbonyl (C=O) groups is 1. The number of hydrogen-bond acceptors (Lipinski definition) is 5. The minimum absolute atomic E-state index is 0.0443. The molecule has 0 amide bonds. The SMILES string of the molecule is O=C(OCC(F)(F)S(=O)(=O)[O-])c1c(I)cccc1I. The van der Waals surface area contributed by atoms with E-state index in [0.29, 0.717) is 7.14 Å². The molecule has 0 radical (unpaired) electrons. The molecule has 1 aromatic carbocycles. The van der Waals surface area contributed by atoms with Gasteiger partial charge in [0, 0.05) is 7.14 Å². The largest absolute Gasteiger partial charge is 0.743 e. The van der Waals surface area contributed by atoms with E-state index < -0.39 is 27.9 Å². The number of alkyl halides is 2. The van der Waals surface area contributed by atoms with Gasteiger partial charge in [-0.2, -0.15) is 8.78 Å². The molecule has 0 aliphatic rings. The van der Waals surface area contributed by atoms with E-state index in [-0.39, 0.29) is 5.56 Å². The van der Waals surface area contributed by atoms with Crippen molar-refractivity contribution in [3.05, 3.63) is 30.9 Å². The zero-order valence-corrected chi connectivity index (χ0v) is 14.0. The van der Waals surface area contributed by atoms with Crippen molar-refractivity contribution in [2.24, 2.45) is 0 Å². The molecule has 0 atom stereocenters. The number of hydrogen-bond donors (Lipinski definition) is 0. The number of halogens is 4. The monoisotopic (exact) mass is 517 g/mol. The van der Waals surface area contributed by atoms with Crippen LogP contribution in [-0.2, 0) is 14.9 Å². The molecular formula is C9H5F2I2O5S-. The molecule has 5 nitrogen and oxygen atoms in total. The first-order chi connectivity index (χ1) is 8.56. The van der Waals surface area contributed by atoms with Crippen molar-refractivity contribution < 1.29 is 31.3 Å². The second kappa shape index (κ2) is 6.13. The van der Waals surface area contributed by atoms with Crippen LogP contribution in [0.5, 0.6) is 0 Å². The summed E-state index contributed by atoms with van der Waals surface area (Å²) in [5.74, 6) is -1.11. The van der Waals surface area contributed by atoms with Gasteiger partial charge in [-0.15, -0.1) is 0 Å². The maximum absolute atomic E-state index is 12.8. The quantitative estimate of drug-likeness (QED) is 0.348. The average Bonchev–Trinajstić information content (AvgIpc) is 2.24.